The highest BCUT2D eigenvalue weighted by molar-refractivity contribution is 5.98. The van der Waals surface area contributed by atoms with Gasteiger partial charge in [0, 0.05) is 12.3 Å². The van der Waals surface area contributed by atoms with Gasteiger partial charge in [-0.1, -0.05) is 37.3 Å². The predicted octanol–water partition coefficient (Wildman–Crippen LogP) is 2.18. The van der Waals surface area contributed by atoms with E-state index in [1.807, 2.05) is 37.3 Å². The van der Waals surface area contributed by atoms with E-state index in [0.29, 0.717) is 18.7 Å². The van der Waals surface area contributed by atoms with Gasteiger partial charge in [0.2, 0.25) is 5.91 Å². The van der Waals surface area contributed by atoms with E-state index < -0.39 is 5.60 Å². The molecule has 4 nitrogen and oxygen atoms in total. The monoisotopic (exact) mass is 260 g/mol. The Labute approximate surface area is 113 Å². The van der Waals surface area contributed by atoms with Gasteiger partial charge in [-0.05, 0) is 19.4 Å². The standard InChI is InChI=1S/C15H20N2O2/c1-11-9-13(18)17(16-14(11)15(2,3)19)10-12-7-5-4-6-8-12/h4-8,11,19H,9-10H2,1-3H3. The molecule has 0 aliphatic carbocycles. The van der Waals surface area contributed by atoms with Gasteiger partial charge < -0.3 is 5.11 Å². The van der Waals surface area contributed by atoms with E-state index in [1.165, 1.54) is 5.01 Å². The topological polar surface area (TPSA) is 52.9 Å². The molecular formula is C15H20N2O2. The normalized spacial score (nSPS) is 20.4. The number of amides is 1. The SMILES string of the molecule is CC1CC(=O)N(Cc2ccccc2)N=C1C(C)(C)O. The Hall–Kier alpha value is -1.68. The quantitative estimate of drug-likeness (QED) is 0.905. The molecule has 19 heavy (non-hydrogen) atoms. The summed E-state index contributed by atoms with van der Waals surface area (Å²) in [5.74, 6) is -0.0103. The van der Waals surface area contributed by atoms with Crippen molar-refractivity contribution in [1.29, 1.82) is 0 Å². The van der Waals surface area contributed by atoms with Crippen LogP contribution in [-0.4, -0.2) is 27.3 Å². The van der Waals surface area contributed by atoms with E-state index in [9.17, 15) is 9.90 Å². The average molecular weight is 260 g/mol. The fourth-order valence-corrected chi connectivity index (χ4v) is 2.35. The molecule has 1 unspecified atom stereocenters. The van der Waals surface area contributed by atoms with Gasteiger partial charge in [0.05, 0.1) is 17.9 Å². The van der Waals surface area contributed by atoms with Gasteiger partial charge in [0.1, 0.15) is 0 Å². The lowest BCUT2D eigenvalue weighted by atomic mass is 9.88. The molecule has 0 radical (unpaired) electrons. The third kappa shape index (κ3) is 3.20. The summed E-state index contributed by atoms with van der Waals surface area (Å²) in [6.45, 7) is 5.79. The molecular weight excluding hydrogens is 240 g/mol. The zero-order valence-corrected chi connectivity index (χ0v) is 11.6. The lowest BCUT2D eigenvalue weighted by Crippen LogP contribution is -2.44. The van der Waals surface area contributed by atoms with Crippen LogP contribution in [-0.2, 0) is 11.3 Å². The summed E-state index contributed by atoms with van der Waals surface area (Å²) in [6.07, 6.45) is 0.398. The van der Waals surface area contributed by atoms with Gasteiger partial charge in [0.15, 0.2) is 0 Å². The van der Waals surface area contributed by atoms with Crippen LogP contribution in [0.3, 0.4) is 0 Å². The van der Waals surface area contributed by atoms with E-state index in [1.54, 1.807) is 13.8 Å². The Morgan fingerprint density at radius 2 is 2.00 bits per heavy atom. The highest BCUT2D eigenvalue weighted by Crippen LogP contribution is 2.23. The summed E-state index contributed by atoms with van der Waals surface area (Å²) in [4.78, 5) is 12.0. The summed E-state index contributed by atoms with van der Waals surface area (Å²) in [7, 11) is 0. The van der Waals surface area contributed by atoms with Crippen molar-refractivity contribution in [2.75, 3.05) is 0 Å². The summed E-state index contributed by atoms with van der Waals surface area (Å²) >= 11 is 0. The Kier molecular flexibility index (Phi) is 3.71. The molecule has 0 spiro atoms. The highest BCUT2D eigenvalue weighted by atomic mass is 16.3. The average Bonchev–Trinajstić information content (AvgIpc) is 2.32. The maximum atomic E-state index is 12.0. The second kappa shape index (κ2) is 5.13. The Balaban J connectivity index is 2.24. The first-order valence-electron chi connectivity index (χ1n) is 6.53. The number of carbonyl (C=O) groups is 1. The number of rotatable bonds is 3. The molecule has 102 valence electrons. The van der Waals surface area contributed by atoms with Crippen LogP contribution in [0, 0.1) is 5.92 Å². The summed E-state index contributed by atoms with van der Waals surface area (Å²) in [5.41, 5.74) is 0.710. The first kappa shape index (κ1) is 13.7. The van der Waals surface area contributed by atoms with Crippen LogP contribution in [0.5, 0.6) is 0 Å². The first-order valence-corrected chi connectivity index (χ1v) is 6.53. The lowest BCUT2D eigenvalue weighted by molar-refractivity contribution is -0.133. The first-order chi connectivity index (χ1) is 8.88. The maximum Gasteiger partial charge on any atom is 0.243 e. The van der Waals surface area contributed by atoms with Crippen molar-refractivity contribution in [2.45, 2.75) is 39.3 Å². The predicted molar refractivity (Wildman–Crippen MR) is 74.5 cm³/mol. The Morgan fingerprint density at radius 1 is 1.37 bits per heavy atom. The van der Waals surface area contributed by atoms with Gasteiger partial charge in [0.25, 0.3) is 0 Å². The molecule has 1 amide bonds. The smallest absolute Gasteiger partial charge is 0.243 e. The van der Waals surface area contributed by atoms with Crippen molar-refractivity contribution in [3.8, 4) is 0 Å². The van der Waals surface area contributed by atoms with Gasteiger partial charge >= 0.3 is 0 Å². The minimum absolute atomic E-state index is 0.00403. The van der Waals surface area contributed by atoms with Crippen molar-refractivity contribution in [2.24, 2.45) is 11.0 Å². The molecule has 1 aliphatic rings. The maximum absolute atomic E-state index is 12.0. The minimum atomic E-state index is -0.991. The molecule has 2 rings (SSSR count). The summed E-state index contributed by atoms with van der Waals surface area (Å²) < 4.78 is 0. The van der Waals surface area contributed by atoms with Crippen molar-refractivity contribution in [3.05, 3.63) is 35.9 Å². The number of hydrazone groups is 1. The molecule has 0 saturated carbocycles. The van der Waals surface area contributed by atoms with E-state index in [0.717, 1.165) is 5.56 Å². The number of hydrogen-bond donors (Lipinski definition) is 1. The van der Waals surface area contributed by atoms with Crippen molar-refractivity contribution < 1.29 is 9.90 Å². The number of aliphatic hydroxyl groups is 1. The van der Waals surface area contributed by atoms with Crippen LogP contribution in [0.2, 0.25) is 0 Å². The van der Waals surface area contributed by atoms with Crippen LogP contribution in [0.4, 0.5) is 0 Å². The van der Waals surface area contributed by atoms with Gasteiger partial charge in [-0.15, -0.1) is 0 Å². The summed E-state index contributed by atoms with van der Waals surface area (Å²) in [6, 6.07) is 9.74. The molecule has 0 saturated heterocycles. The zero-order valence-electron chi connectivity index (χ0n) is 11.6. The highest BCUT2D eigenvalue weighted by Gasteiger charge is 2.34. The Morgan fingerprint density at radius 3 is 2.58 bits per heavy atom. The number of hydrogen-bond acceptors (Lipinski definition) is 3. The van der Waals surface area contributed by atoms with Crippen molar-refractivity contribution >= 4 is 11.6 Å². The molecule has 0 fully saturated rings. The molecule has 1 aliphatic heterocycles. The fourth-order valence-electron chi connectivity index (χ4n) is 2.35. The largest absolute Gasteiger partial charge is 0.384 e. The molecule has 0 aromatic heterocycles. The second-order valence-corrected chi connectivity index (χ2v) is 5.59. The zero-order chi connectivity index (χ0) is 14.0. The summed E-state index contributed by atoms with van der Waals surface area (Å²) in [5, 5.41) is 15.9. The van der Waals surface area contributed by atoms with E-state index in [2.05, 4.69) is 5.10 Å². The molecule has 1 aromatic rings. The van der Waals surface area contributed by atoms with Crippen LogP contribution in [0.1, 0.15) is 32.8 Å². The molecule has 1 atom stereocenters. The van der Waals surface area contributed by atoms with Crippen LogP contribution in [0.15, 0.2) is 35.4 Å². The van der Waals surface area contributed by atoms with Crippen LogP contribution >= 0.6 is 0 Å². The van der Waals surface area contributed by atoms with E-state index in [-0.39, 0.29) is 11.8 Å². The number of carbonyl (C=O) groups excluding carboxylic acids is 1. The molecule has 4 heteroatoms. The third-order valence-electron chi connectivity index (χ3n) is 3.27. The van der Waals surface area contributed by atoms with Crippen LogP contribution in [0.25, 0.3) is 0 Å². The number of nitrogens with zero attached hydrogens (tertiary/aromatic N) is 2. The minimum Gasteiger partial charge on any atom is -0.384 e. The lowest BCUT2D eigenvalue weighted by Gasteiger charge is -2.32. The molecule has 0 bridgehead atoms. The van der Waals surface area contributed by atoms with E-state index in [4.69, 9.17) is 0 Å². The van der Waals surface area contributed by atoms with Crippen LogP contribution < -0.4 is 0 Å². The number of benzene rings is 1. The van der Waals surface area contributed by atoms with Gasteiger partial charge in [-0.2, -0.15) is 5.10 Å². The van der Waals surface area contributed by atoms with Crippen molar-refractivity contribution in [3.63, 3.8) is 0 Å². The molecule has 1 N–H and O–H groups in total. The fraction of sp³-hybridized carbons (Fsp3) is 0.467. The van der Waals surface area contributed by atoms with Gasteiger partial charge in [-0.3, -0.25) is 4.79 Å². The van der Waals surface area contributed by atoms with E-state index >= 15 is 0 Å². The third-order valence-corrected chi connectivity index (χ3v) is 3.27. The van der Waals surface area contributed by atoms with Gasteiger partial charge in [-0.25, -0.2) is 5.01 Å². The Bertz CT molecular complexity index is 489. The molecule has 1 aromatic carbocycles. The molecule has 1 heterocycles. The second-order valence-electron chi connectivity index (χ2n) is 5.59. The van der Waals surface area contributed by atoms with Crippen molar-refractivity contribution in [1.82, 2.24) is 5.01 Å².